The first kappa shape index (κ1) is 20.3. The van der Waals surface area contributed by atoms with Crippen molar-refractivity contribution in [2.45, 2.75) is 24.3 Å². The number of hydrogen-bond acceptors (Lipinski definition) is 5. The van der Waals surface area contributed by atoms with E-state index in [1.54, 1.807) is 55.6 Å². The highest BCUT2D eigenvalue weighted by Gasteiger charge is 2.22. The first-order chi connectivity index (χ1) is 14.4. The molecule has 0 spiro atoms. The van der Waals surface area contributed by atoms with E-state index in [4.69, 9.17) is 11.6 Å². The van der Waals surface area contributed by atoms with Crippen molar-refractivity contribution in [2.24, 2.45) is 0 Å². The summed E-state index contributed by atoms with van der Waals surface area (Å²) in [6, 6.07) is 17.7. The highest BCUT2D eigenvalue weighted by atomic mass is 35.5. The number of halogens is 1. The second-order valence-electron chi connectivity index (χ2n) is 6.88. The van der Waals surface area contributed by atoms with Crippen LogP contribution in [0.4, 0.5) is 0 Å². The number of thioether (sulfide) groups is 1. The minimum atomic E-state index is -0.479. The second kappa shape index (κ2) is 8.42. The van der Waals surface area contributed by atoms with Crippen molar-refractivity contribution in [2.75, 3.05) is 0 Å². The van der Waals surface area contributed by atoms with Crippen molar-refractivity contribution in [3.05, 3.63) is 93.4 Å². The molecule has 1 unspecified atom stereocenters. The Morgan fingerprint density at radius 1 is 1.10 bits per heavy atom. The standard InChI is InChI=1S/C23H18ClN3O2S/c1-14-10-11-25-20(12-14)27-22(29)18-8-3-4-9-19(18)26-23(27)30-15(2)21(28)16-6-5-7-17(24)13-16/h3-13,15H,1-2H3. The first-order valence-electron chi connectivity index (χ1n) is 9.35. The van der Waals surface area contributed by atoms with Crippen LogP contribution in [0, 0.1) is 6.92 Å². The highest BCUT2D eigenvalue weighted by molar-refractivity contribution is 8.00. The van der Waals surface area contributed by atoms with Gasteiger partial charge in [0.15, 0.2) is 10.9 Å². The van der Waals surface area contributed by atoms with Crippen LogP contribution in [0.15, 0.2) is 76.8 Å². The van der Waals surface area contributed by atoms with E-state index < -0.39 is 5.25 Å². The number of carbonyl (C=O) groups is 1. The lowest BCUT2D eigenvalue weighted by Crippen LogP contribution is -2.24. The second-order valence-corrected chi connectivity index (χ2v) is 8.62. The molecule has 4 rings (SSSR count). The molecule has 0 radical (unpaired) electrons. The number of Topliss-reactive ketones (excluding diaryl/α,β-unsaturated/α-hetero) is 1. The Labute approximate surface area is 182 Å². The van der Waals surface area contributed by atoms with Crippen molar-refractivity contribution < 1.29 is 4.79 Å². The number of ketones is 1. The van der Waals surface area contributed by atoms with Gasteiger partial charge in [-0.3, -0.25) is 9.59 Å². The van der Waals surface area contributed by atoms with Gasteiger partial charge in [0.05, 0.1) is 16.2 Å². The van der Waals surface area contributed by atoms with Crippen molar-refractivity contribution >= 4 is 40.0 Å². The number of nitrogens with zero attached hydrogens (tertiary/aromatic N) is 3. The summed E-state index contributed by atoms with van der Waals surface area (Å²) < 4.78 is 1.47. The van der Waals surface area contributed by atoms with E-state index in [1.807, 2.05) is 25.1 Å². The van der Waals surface area contributed by atoms with Crippen LogP contribution in [0.1, 0.15) is 22.8 Å². The van der Waals surface area contributed by atoms with Gasteiger partial charge < -0.3 is 0 Å². The van der Waals surface area contributed by atoms with E-state index in [1.165, 1.54) is 16.3 Å². The van der Waals surface area contributed by atoms with Gasteiger partial charge in [0.2, 0.25) is 0 Å². The molecule has 0 aliphatic carbocycles. The van der Waals surface area contributed by atoms with E-state index in [9.17, 15) is 9.59 Å². The Hall–Kier alpha value is -2.96. The average molecular weight is 436 g/mol. The van der Waals surface area contributed by atoms with E-state index in [0.717, 1.165) is 5.56 Å². The largest absolute Gasteiger partial charge is 0.293 e. The molecule has 150 valence electrons. The van der Waals surface area contributed by atoms with Gasteiger partial charge in [0.1, 0.15) is 5.82 Å². The third-order valence-corrected chi connectivity index (χ3v) is 5.92. The summed E-state index contributed by atoms with van der Waals surface area (Å²) in [6.45, 7) is 3.73. The number of benzene rings is 2. The summed E-state index contributed by atoms with van der Waals surface area (Å²) in [5.41, 5.74) is 1.85. The van der Waals surface area contributed by atoms with Crippen molar-refractivity contribution in [3.63, 3.8) is 0 Å². The van der Waals surface area contributed by atoms with Crippen molar-refractivity contribution in [1.29, 1.82) is 0 Å². The molecular formula is C23H18ClN3O2S. The molecule has 7 heteroatoms. The molecule has 0 N–H and O–H groups in total. The van der Waals surface area contributed by atoms with Gasteiger partial charge in [0, 0.05) is 16.8 Å². The number of hydrogen-bond donors (Lipinski definition) is 0. The summed E-state index contributed by atoms with van der Waals surface area (Å²) >= 11 is 7.26. The Kier molecular flexibility index (Phi) is 5.70. The van der Waals surface area contributed by atoms with Gasteiger partial charge in [-0.2, -0.15) is 0 Å². The molecule has 4 aromatic rings. The fourth-order valence-corrected chi connectivity index (χ4v) is 4.31. The number of carbonyl (C=O) groups excluding carboxylic acids is 1. The molecule has 2 aromatic carbocycles. The topological polar surface area (TPSA) is 64.8 Å². The Morgan fingerprint density at radius 3 is 2.67 bits per heavy atom. The molecule has 0 fully saturated rings. The van der Waals surface area contributed by atoms with Crippen LogP contribution in [0.25, 0.3) is 16.7 Å². The predicted molar refractivity (Wildman–Crippen MR) is 121 cm³/mol. The first-order valence-corrected chi connectivity index (χ1v) is 10.6. The molecule has 30 heavy (non-hydrogen) atoms. The molecular weight excluding hydrogens is 418 g/mol. The molecule has 1 atom stereocenters. The maximum absolute atomic E-state index is 13.3. The zero-order chi connectivity index (χ0) is 21.3. The number of rotatable bonds is 5. The molecule has 2 heterocycles. The molecule has 0 amide bonds. The Bertz CT molecular complexity index is 1320. The SMILES string of the molecule is Cc1ccnc(-n2c(SC(C)C(=O)c3cccc(Cl)c3)nc3ccccc3c2=O)c1. The van der Waals surface area contributed by atoms with Gasteiger partial charge in [-0.25, -0.2) is 14.5 Å². The van der Waals surface area contributed by atoms with Crippen LogP contribution < -0.4 is 5.56 Å². The molecule has 2 aromatic heterocycles. The van der Waals surface area contributed by atoms with Crippen molar-refractivity contribution in [1.82, 2.24) is 14.5 Å². The highest BCUT2D eigenvalue weighted by Crippen LogP contribution is 2.27. The van der Waals surface area contributed by atoms with E-state index in [2.05, 4.69) is 9.97 Å². The zero-order valence-corrected chi connectivity index (χ0v) is 17.9. The molecule has 5 nitrogen and oxygen atoms in total. The number of aromatic nitrogens is 3. The lowest BCUT2D eigenvalue weighted by atomic mass is 10.1. The number of pyridine rings is 1. The van der Waals surface area contributed by atoms with Gasteiger partial charge in [-0.15, -0.1) is 0 Å². The number of aryl methyl sites for hydroxylation is 1. The van der Waals surface area contributed by atoms with Crippen LogP contribution in [-0.2, 0) is 0 Å². The van der Waals surface area contributed by atoms with Gasteiger partial charge >= 0.3 is 0 Å². The van der Waals surface area contributed by atoms with Gasteiger partial charge in [-0.05, 0) is 55.8 Å². The van der Waals surface area contributed by atoms with Crippen LogP contribution in [0.5, 0.6) is 0 Å². The average Bonchev–Trinajstić information content (AvgIpc) is 2.73. The number of fused-ring (bicyclic) bond motifs is 1. The van der Waals surface area contributed by atoms with Gasteiger partial charge in [0.25, 0.3) is 5.56 Å². The zero-order valence-electron chi connectivity index (χ0n) is 16.4. The maximum Gasteiger partial charge on any atom is 0.267 e. The lowest BCUT2D eigenvalue weighted by Gasteiger charge is -2.16. The van der Waals surface area contributed by atoms with Crippen LogP contribution in [-0.4, -0.2) is 25.6 Å². The third kappa shape index (κ3) is 4.01. The molecule has 0 aliphatic heterocycles. The summed E-state index contributed by atoms with van der Waals surface area (Å²) in [7, 11) is 0. The minimum absolute atomic E-state index is 0.0892. The number of para-hydroxylation sites is 1. The summed E-state index contributed by atoms with van der Waals surface area (Å²) in [5, 5.41) is 0.939. The summed E-state index contributed by atoms with van der Waals surface area (Å²) in [4.78, 5) is 35.3. The molecule has 0 aliphatic rings. The minimum Gasteiger partial charge on any atom is -0.293 e. The molecule has 0 bridgehead atoms. The van der Waals surface area contributed by atoms with Crippen molar-refractivity contribution in [3.8, 4) is 5.82 Å². The van der Waals surface area contributed by atoms with Gasteiger partial charge in [-0.1, -0.05) is 47.6 Å². The normalized spacial score (nSPS) is 12.1. The maximum atomic E-state index is 13.3. The fraction of sp³-hybridized carbons (Fsp3) is 0.130. The van der Waals surface area contributed by atoms with E-state index in [-0.39, 0.29) is 11.3 Å². The monoisotopic (exact) mass is 435 g/mol. The quantitative estimate of drug-likeness (QED) is 0.248. The fourth-order valence-electron chi connectivity index (χ4n) is 3.12. The Morgan fingerprint density at radius 2 is 1.90 bits per heavy atom. The molecule has 0 saturated heterocycles. The Balaban J connectivity index is 1.82. The summed E-state index contributed by atoms with van der Waals surface area (Å²) in [5.74, 6) is 0.386. The van der Waals surface area contributed by atoms with E-state index in [0.29, 0.717) is 32.5 Å². The van der Waals surface area contributed by atoms with E-state index >= 15 is 0 Å². The van der Waals surface area contributed by atoms with Crippen LogP contribution >= 0.6 is 23.4 Å². The summed E-state index contributed by atoms with van der Waals surface area (Å²) in [6.07, 6.45) is 1.65. The van der Waals surface area contributed by atoms with Crippen LogP contribution in [0.2, 0.25) is 5.02 Å². The van der Waals surface area contributed by atoms with Crippen LogP contribution in [0.3, 0.4) is 0 Å². The predicted octanol–water partition coefficient (Wildman–Crippen LogP) is 5.11. The third-order valence-electron chi connectivity index (χ3n) is 4.64. The smallest absolute Gasteiger partial charge is 0.267 e. The molecule has 0 saturated carbocycles. The lowest BCUT2D eigenvalue weighted by molar-refractivity contribution is 0.0994.